The van der Waals surface area contributed by atoms with E-state index in [2.05, 4.69) is 33.8 Å². The van der Waals surface area contributed by atoms with E-state index in [1.54, 1.807) is 0 Å². The van der Waals surface area contributed by atoms with E-state index in [9.17, 15) is 75.3 Å². The number of aliphatic carboxylic acids is 1. The number of allylic oxidation sites excluding steroid dienone is 2. The van der Waals surface area contributed by atoms with E-state index in [4.69, 9.17) is 52.1 Å². The van der Waals surface area contributed by atoms with Crippen molar-refractivity contribution in [1.82, 2.24) is 0 Å². The fraction of sp³-hybridized carbons (Fsp3) is 0.897. The first-order chi connectivity index (χ1) is 39.2. The number of rotatable bonds is 14. The molecule has 0 unspecified atom stereocenters. The molecule has 11 N–H and O–H groups in total. The SMILES string of the molecule is CC(=O)O[C@H]1[C@H](O[C@@H]2[C@@H](O)[C@@H](O[C@@H]3[C@@H](O)C(C)(C)C[C@H]4C5=CC[C@@H]6[C@@]7(C)CC[C@H](O[C@@H]8O[C@H](C(=O)O)[C@@H](O)[C@H](O)[C@H]8O[C@@H]8O[C@@H](CO)[C@H](O)[C@H](O)[C@H]8O)[C@](C)(CO)[C@@H]7CC[C@@]6(C)[C@@]5(C)CC[C@]34C)OC[C@H]2O)OC[C@H](OC(C)=O)[C@H]1OC(C)=O. The van der Waals surface area contributed by atoms with Gasteiger partial charge < -0.3 is 108 Å². The zero-order chi connectivity index (χ0) is 61.7. The number of aliphatic hydroxyl groups excluding tert-OH is 10. The normalized spacial score (nSPS) is 50.9. The quantitative estimate of drug-likeness (QED) is 0.0450. The molecule has 0 bridgehead atoms. The standard InChI is InChI=1S/C58H90O26/c1-24(61)76-31-22-75-51(45(78-26(3)63)42(31)77-25(2)62)81-41-29(64)21-74-49(40(41)70)84-47-46(71)53(4,5)19-28-27-11-12-33-55(7)15-14-34(56(8,23-60)32(55)13-16-58(33,10)57(27,9)18-17-54(28,47)6)80-52-44(38(68)37(67)43(82-52)48(72)73)83-50-39(69)36(66)35(65)30(20-59)79-50/h11,28-47,49-52,59-60,64-71H,12-23H2,1-10H3,(H,72,73)/t28-,29+,30-,31-,32+,33+,34-,35-,36-,37-,38-,39+,40+,41-,42+,43-,44+,45+,46+,47+,49+,50-,51-,52+,54-,55-,56+,57-,58+/m0/s1. The van der Waals surface area contributed by atoms with Crippen molar-refractivity contribution >= 4 is 23.9 Å². The van der Waals surface area contributed by atoms with Gasteiger partial charge in [-0.05, 0) is 90.8 Å². The summed E-state index contributed by atoms with van der Waals surface area (Å²) in [5, 5.41) is 122. The maximum absolute atomic E-state index is 12.4. The van der Waals surface area contributed by atoms with Crippen LogP contribution in [0.2, 0.25) is 0 Å². The highest BCUT2D eigenvalue weighted by molar-refractivity contribution is 5.73. The maximum Gasteiger partial charge on any atom is 0.335 e. The molecule has 84 heavy (non-hydrogen) atoms. The van der Waals surface area contributed by atoms with Crippen molar-refractivity contribution in [2.24, 2.45) is 50.2 Å². The maximum atomic E-state index is 12.4. The van der Waals surface area contributed by atoms with E-state index < -0.39 is 181 Å². The second-order valence-electron chi connectivity index (χ2n) is 27.3. The minimum atomic E-state index is -2.05. The number of carboxylic acid groups (broad SMARTS) is 1. The monoisotopic (exact) mass is 1200 g/mol. The number of hydrogen-bond acceptors (Lipinski definition) is 25. The van der Waals surface area contributed by atoms with Crippen LogP contribution >= 0.6 is 0 Å². The van der Waals surface area contributed by atoms with Crippen LogP contribution in [-0.4, -0.2) is 235 Å². The summed E-state index contributed by atoms with van der Waals surface area (Å²) in [5.41, 5.74) is -2.31. The Balaban J connectivity index is 0.950. The third-order valence-electron chi connectivity index (χ3n) is 21.9. The molecule has 0 aromatic rings. The minimum absolute atomic E-state index is 0.0732. The van der Waals surface area contributed by atoms with Crippen LogP contribution in [0.1, 0.15) is 121 Å². The predicted molar refractivity (Wildman–Crippen MR) is 283 cm³/mol. The Labute approximate surface area is 487 Å². The zero-order valence-corrected chi connectivity index (χ0v) is 49.5. The van der Waals surface area contributed by atoms with Crippen molar-refractivity contribution in [2.45, 2.75) is 250 Å². The Bertz CT molecular complexity index is 2440. The lowest BCUT2D eigenvalue weighted by molar-refractivity contribution is -0.375. The molecule has 0 aromatic carbocycles. The first kappa shape index (κ1) is 65.3. The van der Waals surface area contributed by atoms with E-state index in [-0.39, 0.29) is 48.4 Å². The van der Waals surface area contributed by atoms with Crippen LogP contribution < -0.4 is 0 Å². The zero-order valence-electron chi connectivity index (χ0n) is 49.5. The topological polar surface area (TPSA) is 392 Å². The number of carbonyl (C=O) groups excluding carboxylic acids is 3. The van der Waals surface area contributed by atoms with E-state index in [1.165, 1.54) is 5.57 Å². The average Bonchev–Trinajstić information content (AvgIpc) is 0.730. The Kier molecular flexibility index (Phi) is 18.7. The molecule has 478 valence electrons. The highest BCUT2D eigenvalue weighted by Crippen LogP contribution is 2.76. The second kappa shape index (κ2) is 24.0. The largest absolute Gasteiger partial charge is 0.479 e. The molecule has 9 aliphatic rings. The molecule has 0 spiro atoms. The predicted octanol–water partition coefficient (Wildman–Crippen LogP) is -0.537. The molecular formula is C58H90O26. The molecule has 4 heterocycles. The van der Waals surface area contributed by atoms with Gasteiger partial charge >= 0.3 is 23.9 Å². The van der Waals surface area contributed by atoms with Gasteiger partial charge in [0.2, 0.25) is 0 Å². The fourth-order valence-electron chi connectivity index (χ4n) is 17.1. The van der Waals surface area contributed by atoms with Gasteiger partial charge in [-0.15, -0.1) is 0 Å². The summed E-state index contributed by atoms with van der Waals surface area (Å²) in [5.74, 6) is -4.17. The van der Waals surface area contributed by atoms with Crippen LogP contribution in [0.15, 0.2) is 11.6 Å². The smallest absolute Gasteiger partial charge is 0.335 e. The van der Waals surface area contributed by atoms with Crippen LogP contribution in [0, 0.1) is 50.2 Å². The van der Waals surface area contributed by atoms with E-state index in [1.807, 2.05) is 20.8 Å². The molecule has 26 heteroatoms. The summed E-state index contributed by atoms with van der Waals surface area (Å²) in [4.78, 5) is 49.1. The molecular weight excluding hydrogens is 1110 g/mol. The molecule has 4 saturated heterocycles. The molecule has 0 aromatic heterocycles. The van der Waals surface area contributed by atoms with Crippen LogP contribution in [0.3, 0.4) is 0 Å². The minimum Gasteiger partial charge on any atom is -0.479 e. The van der Waals surface area contributed by atoms with Crippen LogP contribution in [0.25, 0.3) is 0 Å². The first-order valence-corrected chi connectivity index (χ1v) is 29.5. The van der Waals surface area contributed by atoms with Crippen molar-refractivity contribution in [1.29, 1.82) is 0 Å². The van der Waals surface area contributed by atoms with Crippen molar-refractivity contribution in [3.05, 3.63) is 11.6 Å². The molecule has 8 fully saturated rings. The lowest BCUT2D eigenvalue weighted by Crippen LogP contribution is -2.69. The Hall–Kier alpha value is -3.10. The Morgan fingerprint density at radius 3 is 1.87 bits per heavy atom. The summed E-state index contributed by atoms with van der Waals surface area (Å²) in [6, 6.07) is 0. The summed E-state index contributed by atoms with van der Waals surface area (Å²) in [6.45, 7) is 16.4. The van der Waals surface area contributed by atoms with E-state index in [0.717, 1.165) is 27.2 Å². The van der Waals surface area contributed by atoms with Gasteiger partial charge in [-0.25, -0.2) is 4.79 Å². The Morgan fingerprint density at radius 2 is 1.24 bits per heavy atom. The van der Waals surface area contributed by atoms with Crippen molar-refractivity contribution in [2.75, 3.05) is 26.4 Å². The van der Waals surface area contributed by atoms with Gasteiger partial charge in [0.15, 0.2) is 49.6 Å². The summed E-state index contributed by atoms with van der Waals surface area (Å²) >= 11 is 0. The summed E-state index contributed by atoms with van der Waals surface area (Å²) in [6.07, 6.45) is -25.6. The van der Waals surface area contributed by atoms with Crippen LogP contribution in [-0.2, 0) is 71.3 Å². The number of aliphatic hydroxyl groups is 10. The van der Waals surface area contributed by atoms with Gasteiger partial charge in [0, 0.05) is 31.6 Å². The molecule has 26 nitrogen and oxygen atoms in total. The third-order valence-corrected chi connectivity index (χ3v) is 21.9. The molecule has 0 radical (unpaired) electrons. The number of hydrogen-bond donors (Lipinski definition) is 11. The summed E-state index contributed by atoms with van der Waals surface area (Å²) in [7, 11) is 0. The second-order valence-corrected chi connectivity index (χ2v) is 27.3. The number of carboxylic acids is 1. The number of carbonyl (C=O) groups is 4. The van der Waals surface area contributed by atoms with E-state index >= 15 is 0 Å². The van der Waals surface area contributed by atoms with Gasteiger partial charge in [-0.1, -0.05) is 60.1 Å². The highest BCUT2D eigenvalue weighted by atomic mass is 16.8. The van der Waals surface area contributed by atoms with Gasteiger partial charge in [-0.3, -0.25) is 14.4 Å². The fourth-order valence-corrected chi connectivity index (χ4v) is 17.1. The average molecular weight is 1200 g/mol. The molecule has 9 rings (SSSR count). The van der Waals surface area contributed by atoms with Gasteiger partial charge in [0.25, 0.3) is 0 Å². The molecule has 4 aliphatic heterocycles. The van der Waals surface area contributed by atoms with Crippen molar-refractivity contribution in [3.8, 4) is 0 Å². The Morgan fingerprint density at radius 1 is 0.595 bits per heavy atom. The van der Waals surface area contributed by atoms with E-state index in [0.29, 0.717) is 44.9 Å². The lowest BCUT2D eigenvalue weighted by Gasteiger charge is -2.72. The number of esters is 3. The van der Waals surface area contributed by atoms with Crippen molar-refractivity contribution < 1.29 is 127 Å². The number of ether oxygens (including phenoxy) is 11. The van der Waals surface area contributed by atoms with Gasteiger partial charge in [0.05, 0.1) is 44.7 Å². The van der Waals surface area contributed by atoms with Crippen LogP contribution in [0.4, 0.5) is 0 Å². The molecule has 0 amide bonds. The molecule has 4 saturated carbocycles. The van der Waals surface area contributed by atoms with Crippen LogP contribution in [0.5, 0.6) is 0 Å². The third kappa shape index (κ3) is 11.1. The van der Waals surface area contributed by atoms with Gasteiger partial charge in [-0.2, -0.15) is 0 Å². The summed E-state index contributed by atoms with van der Waals surface area (Å²) < 4.78 is 65.3. The van der Waals surface area contributed by atoms with Crippen molar-refractivity contribution in [3.63, 3.8) is 0 Å². The first-order valence-electron chi connectivity index (χ1n) is 29.5. The lowest BCUT2D eigenvalue weighted by atomic mass is 9.33. The number of fused-ring (bicyclic) bond motifs is 7. The molecule has 29 atom stereocenters. The van der Waals surface area contributed by atoms with Gasteiger partial charge in [0.1, 0.15) is 61.0 Å². The molecule has 5 aliphatic carbocycles. The highest BCUT2D eigenvalue weighted by Gasteiger charge is 2.71.